The van der Waals surface area contributed by atoms with Crippen molar-refractivity contribution in [1.82, 2.24) is 4.98 Å². The summed E-state index contributed by atoms with van der Waals surface area (Å²) in [7, 11) is 0. The molecule has 1 aromatic heterocycles. The molecule has 4 heteroatoms. The van der Waals surface area contributed by atoms with Gasteiger partial charge in [-0.2, -0.15) is 0 Å². The number of carboxylic acid groups (broad SMARTS) is 1. The first-order chi connectivity index (χ1) is 7.03. The van der Waals surface area contributed by atoms with Crippen molar-refractivity contribution in [2.24, 2.45) is 5.92 Å². The van der Waals surface area contributed by atoms with Gasteiger partial charge < -0.3 is 10.2 Å². The predicted molar refractivity (Wildman–Crippen MR) is 53.2 cm³/mol. The lowest BCUT2D eigenvalue weighted by Crippen LogP contribution is -2.45. The molecule has 1 aromatic rings. The Morgan fingerprint density at radius 1 is 1.60 bits per heavy atom. The third-order valence-electron chi connectivity index (χ3n) is 3.06. The van der Waals surface area contributed by atoms with Gasteiger partial charge in [0.2, 0.25) is 0 Å². The van der Waals surface area contributed by atoms with Gasteiger partial charge in [-0.15, -0.1) is 0 Å². The molecule has 0 unspecified atom stereocenters. The Labute approximate surface area is 87.6 Å². The van der Waals surface area contributed by atoms with Crippen LogP contribution in [-0.2, 0) is 10.4 Å². The van der Waals surface area contributed by atoms with E-state index in [4.69, 9.17) is 5.11 Å². The molecule has 0 amide bonds. The van der Waals surface area contributed by atoms with E-state index in [0.29, 0.717) is 0 Å². The Kier molecular flexibility index (Phi) is 2.23. The molecule has 1 saturated carbocycles. The van der Waals surface area contributed by atoms with E-state index in [2.05, 4.69) is 4.98 Å². The van der Waals surface area contributed by atoms with Gasteiger partial charge >= 0.3 is 5.97 Å². The minimum atomic E-state index is -0.985. The highest BCUT2D eigenvalue weighted by Gasteiger charge is 2.48. The molecule has 1 aliphatic rings. The number of pyridine rings is 1. The summed E-state index contributed by atoms with van der Waals surface area (Å²) in [5.74, 6) is -1.25. The predicted octanol–water partition coefficient (Wildman–Crippen LogP) is 1.07. The van der Waals surface area contributed by atoms with E-state index in [1.54, 1.807) is 12.4 Å². The Hall–Kier alpha value is -1.42. The molecule has 1 aliphatic carbocycles. The van der Waals surface area contributed by atoms with Crippen LogP contribution in [0.2, 0.25) is 0 Å². The smallest absolute Gasteiger partial charge is 0.306 e. The molecule has 0 atom stereocenters. The number of aryl methyl sites for hydroxylation is 1. The number of aromatic nitrogens is 1. The average Bonchev–Trinajstić information content (AvgIpc) is 2.13. The van der Waals surface area contributed by atoms with Crippen molar-refractivity contribution >= 4 is 5.97 Å². The molecular weight excluding hydrogens is 194 g/mol. The van der Waals surface area contributed by atoms with Crippen molar-refractivity contribution in [3.8, 4) is 0 Å². The molecule has 2 N–H and O–H groups in total. The van der Waals surface area contributed by atoms with Crippen LogP contribution in [0.4, 0.5) is 0 Å². The van der Waals surface area contributed by atoms with Gasteiger partial charge in [-0.25, -0.2) is 0 Å². The summed E-state index contributed by atoms with van der Waals surface area (Å²) < 4.78 is 0. The monoisotopic (exact) mass is 207 g/mol. The number of hydrogen-bond donors (Lipinski definition) is 2. The molecule has 0 saturated heterocycles. The minimum absolute atomic E-state index is 0.287. The zero-order valence-corrected chi connectivity index (χ0v) is 8.47. The average molecular weight is 207 g/mol. The van der Waals surface area contributed by atoms with Crippen molar-refractivity contribution in [2.75, 3.05) is 0 Å². The SMILES string of the molecule is Cc1ccncc1C1(O)CC(C(=O)O)C1. The van der Waals surface area contributed by atoms with E-state index in [1.165, 1.54) is 0 Å². The zero-order chi connectivity index (χ0) is 11.1. The topological polar surface area (TPSA) is 70.4 Å². The second-order valence-corrected chi connectivity index (χ2v) is 4.17. The van der Waals surface area contributed by atoms with E-state index in [0.717, 1.165) is 11.1 Å². The number of nitrogens with zero attached hydrogens (tertiary/aromatic N) is 1. The first-order valence-corrected chi connectivity index (χ1v) is 4.89. The maximum Gasteiger partial charge on any atom is 0.306 e. The van der Waals surface area contributed by atoms with Crippen molar-refractivity contribution in [2.45, 2.75) is 25.4 Å². The Balaban J connectivity index is 2.20. The first-order valence-electron chi connectivity index (χ1n) is 4.89. The van der Waals surface area contributed by atoms with Crippen LogP contribution in [-0.4, -0.2) is 21.2 Å². The van der Waals surface area contributed by atoms with Crippen LogP contribution in [0.25, 0.3) is 0 Å². The highest BCUT2D eigenvalue weighted by molar-refractivity contribution is 5.72. The Bertz CT molecular complexity index is 397. The number of carbonyl (C=O) groups is 1. The summed E-state index contributed by atoms with van der Waals surface area (Å²) in [4.78, 5) is 14.6. The van der Waals surface area contributed by atoms with Gasteiger partial charge in [-0.1, -0.05) is 0 Å². The molecule has 1 heterocycles. The lowest BCUT2D eigenvalue weighted by atomic mass is 9.67. The van der Waals surface area contributed by atoms with E-state index in [1.807, 2.05) is 13.0 Å². The van der Waals surface area contributed by atoms with Crippen molar-refractivity contribution in [3.05, 3.63) is 29.6 Å². The lowest BCUT2D eigenvalue weighted by Gasteiger charge is -2.42. The maximum absolute atomic E-state index is 10.7. The van der Waals surface area contributed by atoms with E-state index < -0.39 is 17.5 Å². The van der Waals surface area contributed by atoms with Gasteiger partial charge in [0.15, 0.2) is 0 Å². The van der Waals surface area contributed by atoms with Crippen LogP contribution in [0.3, 0.4) is 0 Å². The molecule has 2 rings (SSSR count). The maximum atomic E-state index is 10.7. The fourth-order valence-electron chi connectivity index (χ4n) is 2.10. The second-order valence-electron chi connectivity index (χ2n) is 4.17. The van der Waals surface area contributed by atoms with Gasteiger partial charge in [-0.05, 0) is 31.4 Å². The van der Waals surface area contributed by atoms with E-state index in [9.17, 15) is 9.90 Å². The fourth-order valence-corrected chi connectivity index (χ4v) is 2.10. The van der Waals surface area contributed by atoms with Crippen molar-refractivity contribution < 1.29 is 15.0 Å². The molecule has 4 nitrogen and oxygen atoms in total. The van der Waals surface area contributed by atoms with E-state index in [-0.39, 0.29) is 12.8 Å². The van der Waals surface area contributed by atoms with Gasteiger partial charge in [0.25, 0.3) is 0 Å². The number of hydrogen-bond acceptors (Lipinski definition) is 3. The van der Waals surface area contributed by atoms with Crippen LogP contribution < -0.4 is 0 Å². The van der Waals surface area contributed by atoms with Gasteiger partial charge in [0, 0.05) is 18.0 Å². The molecular formula is C11H13NO3. The van der Waals surface area contributed by atoms with E-state index >= 15 is 0 Å². The van der Waals surface area contributed by atoms with Gasteiger partial charge in [-0.3, -0.25) is 9.78 Å². The third kappa shape index (κ3) is 1.61. The molecule has 0 aliphatic heterocycles. The molecule has 0 aromatic carbocycles. The molecule has 0 spiro atoms. The quantitative estimate of drug-likeness (QED) is 0.761. The summed E-state index contributed by atoms with van der Waals surface area (Å²) in [5, 5.41) is 18.9. The summed E-state index contributed by atoms with van der Waals surface area (Å²) >= 11 is 0. The molecule has 0 bridgehead atoms. The number of rotatable bonds is 2. The molecule has 15 heavy (non-hydrogen) atoms. The highest BCUT2D eigenvalue weighted by atomic mass is 16.4. The number of aliphatic hydroxyl groups is 1. The van der Waals surface area contributed by atoms with Crippen LogP contribution in [0.5, 0.6) is 0 Å². The van der Waals surface area contributed by atoms with Crippen LogP contribution in [0.15, 0.2) is 18.5 Å². The standard InChI is InChI=1S/C11H13NO3/c1-7-2-3-12-6-9(7)11(15)4-8(5-11)10(13)14/h2-3,6,8,15H,4-5H2,1H3,(H,13,14). The molecule has 80 valence electrons. The van der Waals surface area contributed by atoms with Gasteiger partial charge in [0.1, 0.15) is 0 Å². The summed E-state index contributed by atoms with van der Waals surface area (Å²) in [5.41, 5.74) is 0.723. The molecule has 0 radical (unpaired) electrons. The fraction of sp³-hybridized carbons (Fsp3) is 0.455. The van der Waals surface area contributed by atoms with Crippen LogP contribution in [0, 0.1) is 12.8 Å². The van der Waals surface area contributed by atoms with Crippen LogP contribution in [0.1, 0.15) is 24.0 Å². The normalized spacial score (nSPS) is 29.6. The summed E-state index contributed by atoms with van der Waals surface area (Å²) in [6.07, 6.45) is 3.85. The summed E-state index contributed by atoms with van der Waals surface area (Å²) in [6, 6.07) is 1.82. The second kappa shape index (κ2) is 3.31. The Morgan fingerprint density at radius 3 is 2.80 bits per heavy atom. The minimum Gasteiger partial charge on any atom is -0.481 e. The van der Waals surface area contributed by atoms with Crippen molar-refractivity contribution in [1.29, 1.82) is 0 Å². The number of aliphatic carboxylic acids is 1. The highest BCUT2D eigenvalue weighted by Crippen LogP contribution is 2.46. The largest absolute Gasteiger partial charge is 0.481 e. The Morgan fingerprint density at radius 2 is 2.27 bits per heavy atom. The van der Waals surface area contributed by atoms with Crippen LogP contribution >= 0.6 is 0 Å². The lowest BCUT2D eigenvalue weighted by molar-refractivity contribution is -0.159. The third-order valence-corrected chi connectivity index (χ3v) is 3.06. The summed E-state index contributed by atoms with van der Waals surface area (Å²) in [6.45, 7) is 1.89. The van der Waals surface area contributed by atoms with Crippen molar-refractivity contribution in [3.63, 3.8) is 0 Å². The first kappa shape index (κ1) is 10.1. The zero-order valence-electron chi connectivity index (χ0n) is 8.47. The molecule has 1 fully saturated rings. The van der Waals surface area contributed by atoms with Gasteiger partial charge in [0.05, 0.1) is 11.5 Å². The number of carboxylic acids is 1.